The Morgan fingerprint density at radius 2 is 1.83 bits per heavy atom. The molecule has 0 rings (SSSR count). The molecule has 0 heterocycles. The minimum atomic E-state index is -0.572. The predicted octanol–water partition coefficient (Wildman–Crippen LogP) is 3.93. The van der Waals surface area contributed by atoms with Gasteiger partial charge in [-0.2, -0.15) is 0 Å². The molecular formula is C19H34O5. The van der Waals surface area contributed by atoms with E-state index in [-0.39, 0.29) is 18.7 Å². The van der Waals surface area contributed by atoms with Crippen LogP contribution in [0.3, 0.4) is 0 Å². The van der Waals surface area contributed by atoms with Crippen LogP contribution in [0, 0.1) is 0 Å². The second-order valence-electron chi connectivity index (χ2n) is 6.15. The number of esters is 2. The third-order valence-electron chi connectivity index (χ3n) is 4.48. The van der Waals surface area contributed by atoms with Crippen LogP contribution in [-0.2, 0) is 19.1 Å². The summed E-state index contributed by atoms with van der Waals surface area (Å²) in [6, 6.07) is 0. The summed E-state index contributed by atoms with van der Waals surface area (Å²) < 4.78 is 10.7. The van der Waals surface area contributed by atoms with Crippen LogP contribution in [0.5, 0.6) is 0 Å². The van der Waals surface area contributed by atoms with E-state index >= 15 is 0 Å². The number of ether oxygens (including phenoxy) is 2. The van der Waals surface area contributed by atoms with Gasteiger partial charge in [-0.3, -0.25) is 4.79 Å². The molecule has 0 aromatic heterocycles. The van der Waals surface area contributed by atoms with Crippen molar-refractivity contribution in [3.63, 3.8) is 0 Å². The highest BCUT2D eigenvalue weighted by molar-refractivity contribution is 5.81. The number of hydrogen-bond acceptors (Lipinski definition) is 5. The van der Waals surface area contributed by atoms with Gasteiger partial charge in [0.25, 0.3) is 0 Å². The third-order valence-corrected chi connectivity index (χ3v) is 4.48. The molecule has 0 aliphatic carbocycles. The molecule has 0 aliphatic rings. The maximum atomic E-state index is 12.1. The molecule has 5 nitrogen and oxygen atoms in total. The number of unbranched alkanes of at least 4 members (excludes halogenated alkanes) is 2. The Kier molecular flexibility index (Phi) is 12.3. The van der Waals surface area contributed by atoms with Crippen molar-refractivity contribution in [2.75, 3.05) is 6.61 Å². The van der Waals surface area contributed by atoms with Gasteiger partial charge in [0.1, 0.15) is 5.60 Å². The first-order valence-electron chi connectivity index (χ1n) is 9.12. The standard InChI is InChI=1S/C19H34O5/c1-5-16(20)12-10-9-11-13-18(22)24-19(7-3,8-4)14-15-23-17(21)6-2/h6,16,20H,2,5,7-15H2,1,3-4H3. The van der Waals surface area contributed by atoms with Gasteiger partial charge in [-0.25, -0.2) is 4.79 Å². The molecule has 0 amide bonds. The number of aliphatic hydroxyl groups is 1. The van der Waals surface area contributed by atoms with Crippen LogP contribution >= 0.6 is 0 Å². The minimum Gasteiger partial charge on any atom is -0.462 e. The van der Waals surface area contributed by atoms with E-state index in [4.69, 9.17) is 9.47 Å². The second kappa shape index (κ2) is 13.0. The lowest BCUT2D eigenvalue weighted by atomic mass is 9.93. The highest BCUT2D eigenvalue weighted by atomic mass is 16.6. The first kappa shape index (κ1) is 22.6. The van der Waals surface area contributed by atoms with E-state index in [2.05, 4.69) is 6.58 Å². The van der Waals surface area contributed by atoms with Crippen molar-refractivity contribution in [1.82, 2.24) is 0 Å². The Bertz CT molecular complexity index is 374. The normalized spacial score (nSPS) is 12.5. The maximum absolute atomic E-state index is 12.1. The third kappa shape index (κ3) is 9.71. The molecule has 24 heavy (non-hydrogen) atoms. The fourth-order valence-corrected chi connectivity index (χ4v) is 2.52. The molecular weight excluding hydrogens is 308 g/mol. The van der Waals surface area contributed by atoms with E-state index in [0.717, 1.165) is 38.2 Å². The predicted molar refractivity (Wildman–Crippen MR) is 94.6 cm³/mol. The molecule has 1 N–H and O–H groups in total. The summed E-state index contributed by atoms with van der Waals surface area (Å²) in [5, 5.41) is 9.49. The van der Waals surface area contributed by atoms with Gasteiger partial charge >= 0.3 is 11.9 Å². The van der Waals surface area contributed by atoms with E-state index in [9.17, 15) is 14.7 Å². The number of aliphatic hydroxyl groups excluding tert-OH is 1. The molecule has 0 saturated heterocycles. The van der Waals surface area contributed by atoms with Crippen molar-refractivity contribution >= 4 is 11.9 Å². The molecule has 0 saturated carbocycles. The monoisotopic (exact) mass is 342 g/mol. The van der Waals surface area contributed by atoms with E-state index in [1.165, 1.54) is 0 Å². The summed E-state index contributed by atoms with van der Waals surface area (Å²) in [4.78, 5) is 23.2. The Labute approximate surface area is 146 Å². The van der Waals surface area contributed by atoms with Crippen LogP contribution in [0.15, 0.2) is 12.7 Å². The molecule has 1 unspecified atom stereocenters. The van der Waals surface area contributed by atoms with Crippen molar-refractivity contribution in [3.8, 4) is 0 Å². The summed E-state index contributed by atoms with van der Waals surface area (Å²) in [7, 11) is 0. The zero-order valence-corrected chi connectivity index (χ0v) is 15.5. The van der Waals surface area contributed by atoms with Gasteiger partial charge in [-0.15, -0.1) is 0 Å². The zero-order chi connectivity index (χ0) is 18.4. The van der Waals surface area contributed by atoms with Crippen LogP contribution in [0.25, 0.3) is 0 Å². The Hall–Kier alpha value is -1.36. The summed E-state index contributed by atoms with van der Waals surface area (Å²) in [5.41, 5.74) is -0.572. The van der Waals surface area contributed by atoms with Crippen molar-refractivity contribution in [3.05, 3.63) is 12.7 Å². The topological polar surface area (TPSA) is 72.8 Å². The smallest absolute Gasteiger partial charge is 0.330 e. The number of hydrogen-bond donors (Lipinski definition) is 1. The molecule has 0 spiro atoms. The van der Waals surface area contributed by atoms with Gasteiger partial charge in [-0.1, -0.05) is 40.2 Å². The highest BCUT2D eigenvalue weighted by Gasteiger charge is 2.30. The lowest BCUT2D eigenvalue weighted by molar-refractivity contribution is -0.163. The minimum absolute atomic E-state index is 0.204. The van der Waals surface area contributed by atoms with Gasteiger partial charge < -0.3 is 14.6 Å². The zero-order valence-electron chi connectivity index (χ0n) is 15.5. The highest BCUT2D eigenvalue weighted by Crippen LogP contribution is 2.26. The average molecular weight is 342 g/mol. The van der Waals surface area contributed by atoms with Crippen molar-refractivity contribution in [2.24, 2.45) is 0 Å². The van der Waals surface area contributed by atoms with Crippen LogP contribution in [0.4, 0.5) is 0 Å². The van der Waals surface area contributed by atoms with E-state index in [1.807, 2.05) is 20.8 Å². The fourth-order valence-electron chi connectivity index (χ4n) is 2.52. The molecule has 0 radical (unpaired) electrons. The summed E-state index contributed by atoms with van der Waals surface area (Å²) >= 11 is 0. The Balaban J connectivity index is 4.17. The summed E-state index contributed by atoms with van der Waals surface area (Å²) in [6.45, 7) is 9.47. The molecule has 0 aromatic carbocycles. The van der Waals surface area contributed by atoms with Crippen molar-refractivity contribution in [1.29, 1.82) is 0 Å². The lowest BCUT2D eigenvalue weighted by Crippen LogP contribution is -2.35. The molecule has 0 fully saturated rings. The maximum Gasteiger partial charge on any atom is 0.330 e. The van der Waals surface area contributed by atoms with Crippen LogP contribution < -0.4 is 0 Å². The molecule has 5 heteroatoms. The first-order valence-corrected chi connectivity index (χ1v) is 9.12. The van der Waals surface area contributed by atoms with Gasteiger partial charge in [0.05, 0.1) is 12.7 Å². The lowest BCUT2D eigenvalue weighted by Gasteiger charge is -2.31. The quantitative estimate of drug-likeness (QED) is 0.294. The average Bonchev–Trinajstić information content (AvgIpc) is 2.59. The Morgan fingerprint density at radius 3 is 2.38 bits per heavy atom. The van der Waals surface area contributed by atoms with Gasteiger partial charge in [0, 0.05) is 18.9 Å². The van der Waals surface area contributed by atoms with Crippen molar-refractivity contribution < 1.29 is 24.2 Å². The first-order chi connectivity index (χ1) is 11.4. The van der Waals surface area contributed by atoms with Crippen LogP contribution in [0.1, 0.15) is 78.6 Å². The van der Waals surface area contributed by atoms with E-state index in [1.54, 1.807) is 0 Å². The molecule has 0 aliphatic heterocycles. The molecule has 0 aromatic rings. The number of rotatable bonds is 14. The van der Waals surface area contributed by atoms with Gasteiger partial charge in [-0.05, 0) is 32.1 Å². The van der Waals surface area contributed by atoms with E-state index < -0.39 is 11.6 Å². The van der Waals surface area contributed by atoms with Gasteiger partial charge in [0.2, 0.25) is 0 Å². The largest absolute Gasteiger partial charge is 0.462 e. The fraction of sp³-hybridized carbons (Fsp3) is 0.789. The second-order valence-corrected chi connectivity index (χ2v) is 6.15. The van der Waals surface area contributed by atoms with Gasteiger partial charge in [0.15, 0.2) is 0 Å². The summed E-state index contributed by atoms with van der Waals surface area (Å²) in [5.74, 6) is -0.665. The van der Waals surface area contributed by atoms with Crippen molar-refractivity contribution in [2.45, 2.75) is 90.3 Å². The molecule has 1 atom stereocenters. The molecule has 0 bridgehead atoms. The Morgan fingerprint density at radius 1 is 1.17 bits per heavy atom. The van der Waals surface area contributed by atoms with E-state index in [0.29, 0.717) is 25.7 Å². The van der Waals surface area contributed by atoms with Crippen LogP contribution in [0.2, 0.25) is 0 Å². The summed E-state index contributed by atoms with van der Waals surface area (Å²) in [6.07, 6.45) is 7.30. The molecule has 140 valence electrons. The van der Waals surface area contributed by atoms with Crippen LogP contribution in [-0.4, -0.2) is 35.4 Å². The number of carbonyl (C=O) groups excluding carboxylic acids is 2. The SMILES string of the molecule is C=CC(=O)OCCC(CC)(CC)OC(=O)CCCCCC(O)CC. The number of carbonyl (C=O) groups is 2.